The van der Waals surface area contributed by atoms with Gasteiger partial charge in [-0.05, 0) is 37.5 Å². The minimum absolute atomic E-state index is 0.185. The van der Waals surface area contributed by atoms with E-state index in [1.54, 1.807) is 18.2 Å². The third-order valence-electron chi connectivity index (χ3n) is 3.60. The van der Waals surface area contributed by atoms with Crippen LogP contribution >= 0.6 is 22.9 Å². The predicted octanol–water partition coefficient (Wildman–Crippen LogP) is 2.87. The van der Waals surface area contributed by atoms with Gasteiger partial charge in [0.1, 0.15) is 5.75 Å². The van der Waals surface area contributed by atoms with Crippen molar-refractivity contribution in [1.82, 2.24) is 4.98 Å². The van der Waals surface area contributed by atoms with E-state index in [1.165, 1.54) is 18.4 Å². The fraction of sp³-hybridized carbons (Fsp3) is 0.333. The van der Waals surface area contributed by atoms with Crippen molar-refractivity contribution in [3.63, 3.8) is 0 Å². The largest absolute Gasteiger partial charge is 0.496 e. The molecule has 1 aliphatic rings. The number of aromatic nitrogens is 1. The molecule has 7 heteroatoms. The maximum atomic E-state index is 12.4. The van der Waals surface area contributed by atoms with Crippen molar-refractivity contribution in [2.24, 2.45) is 5.73 Å². The summed E-state index contributed by atoms with van der Waals surface area (Å²) in [5, 5.41) is 3.89. The van der Waals surface area contributed by atoms with Gasteiger partial charge < -0.3 is 10.5 Å². The standard InChI is InChI=1S/C15H16ClN3O2S/c1-21-12-5-2-8(16)6-10(12)14(20)19-15-18-11-4-3-9(17)7-13(11)22-15/h2,5-6,9H,3-4,7,17H2,1H3,(H,18,19,20)/t9-/m0/s1. The lowest BCUT2D eigenvalue weighted by molar-refractivity contribution is 0.102. The molecule has 116 valence electrons. The molecule has 0 radical (unpaired) electrons. The summed E-state index contributed by atoms with van der Waals surface area (Å²) >= 11 is 7.44. The van der Waals surface area contributed by atoms with Gasteiger partial charge in [0.2, 0.25) is 0 Å². The van der Waals surface area contributed by atoms with Crippen LogP contribution in [0.2, 0.25) is 5.02 Å². The highest BCUT2D eigenvalue weighted by Crippen LogP contribution is 2.30. The van der Waals surface area contributed by atoms with E-state index in [-0.39, 0.29) is 11.9 Å². The molecule has 22 heavy (non-hydrogen) atoms. The fourth-order valence-corrected chi connectivity index (χ4v) is 3.74. The van der Waals surface area contributed by atoms with Gasteiger partial charge in [-0.1, -0.05) is 11.6 Å². The Morgan fingerprint density at radius 2 is 2.36 bits per heavy atom. The molecule has 0 spiro atoms. The number of methoxy groups -OCH3 is 1. The maximum absolute atomic E-state index is 12.4. The van der Waals surface area contributed by atoms with E-state index in [2.05, 4.69) is 10.3 Å². The number of benzene rings is 1. The van der Waals surface area contributed by atoms with Gasteiger partial charge in [0, 0.05) is 15.9 Å². The highest BCUT2D eigenvalue weighted by atomic mass is 35.5. The second kappa shape index (κ2) is 6.24. The minimum atomic E-state index is -0.283. The second-order valence-corrected chi connectivity index (χ2v) is 6.71. The molecule has 1 aromatic heterocycles. The predicted molar refractivity (Wildman–Crippen MR) is 88.1 cm³/mol. The number of anilines is 1. The first kappa shape index (κ1) is 15.3. The number of carbonyl (C=O) groups excluding carboxylic acids is 1. The molecule has 0 bridgehead atoms. The Morgan fingerprint density at radius 3 is 3.14 bits per heavy atom. The molecule has 3 rings (SSSR count). The molecule has 3 N–H and O–H groups in total. The molecule has 2 aromatic rings. The van der Waals surface area contributed by atoms with Crippen LogP contribution in [-0.4, -0.2) is 24.0 Å². The zero-order valence-corrected chi connectivity index (χ0v) is 13.6. The van der Waals surface area contributed by atoms with Crippen LogP contribution < -0.4 is 15.8 Å². The molecule has 1 heterocycles. The number of rotatable bonds is 3. The van der Waals surface area contributed by atoms with Crippen LogP contribution in [0.25, 0.3) is 0 Å². The third-order valence-corrected chi connectivity index (χ3v) is 4.87. The third kappa shape index (κ3) is 3.09. The Labute approximate surface area is 137 Å². The van der Waals surface area contributed by atoms with E-state index in [0.717, 1.165) is 29.8 Å². The van der Waals surface area contributed by atoms with Crippen LogP contribution in [-0.2, 0) is 12.8 Å². The maximum Gasteiger partial charge on any atom is 0.261 e. The highest BCUT2D eigenvalue weighted by Gasteiger charge is 2.21. The molecular formula is C15H16ClN3O2S. The molecule has 0 unspecified atom stereocenters. The number of halogens is 1. The molecule has 1 atom stereocenters. The average Bonchev–Trinajstić information content (AvgIpc) is 2.88. The molecule has 1 aromatic carbocycles. The molecule has 0 aliphatic heterocycles. The van der Waals surface area contributed by atoms with Gasteiger partial charge in [0.25, 0.3) is 5.91 Å². The van der Waals surface area contributed by atoms with Crippen molar-refractivity contribution in [2.75, 3.05) is 12.4 Å². The summed E-state index contributed by atoms with van der Waals surface area (Å²) in [6.07, 6.45) is 2.62. The molecule has 0 saturated heterocycles. The van der Waals surface area contributed by atoms with Crippen LogP contribution in [0.3, 0.4) is 0 Å². The summed E-state index contributed by atoms with van der Waals surface area (Å²) < 4.78 is 5.20. The van der Waals surface area contributed by atoms with E-state index in [9.17, 15) is 4.79 Å². The number of carbonyl (C=O) groups is 1. The van der Waals surface area contributed by atoms with Crippen molar-refractivity contribution < 1.29 is 9.53 Å². The first-order chi connectivity index (χ1) is 10.6. The average molecular weight is 338 g/mol. The normalized spacial score (nSPS) is 17.0. The van der Waals surface area contributed by atoms with Crippen LogP contribution in [0.1, 0.15) is 27.3 Å². The highest BCUT2D eigenvalue weighted by molar-refractivity contribution is 7.15. The monoisotopic (exact) mass is 337 g/mol. The SMILES string of the molecule is COc1ccc(Cl)cc1C(=O)Nc1nc2c(s1)C[C@@H](N)CC2. The summed E-state index contributed by atoms with van der Waals surface area (Å²) in [7, 11) is 1.52. The Hall–Kier alpha value is -1.63. The Kier molecular flexibility index (Phi) is 4.33. The van der Waals surface area contributed by atoms with Gasteiger partial charge in [0.05, 0.1) is 18.4 Å². The first-order valence-corrected chi connectivity index (χ1v) is 8.15. The number of ether oxygens (including phenoxy) is 1. The molecule has 5 nitrogen and oxygen atoms in total. The second-order valence-electron chi connectivity index (χ2n) is 5.19. The van der Waals surface area contributed by atoms with E-state index in [0.29, 0.717) is 21.5 Å². The molecular weight excluding hydrogens is 322 g/mol. The van der Waals surface area contributed by atoms with Gasteiger partial charge in [-0.2, -0.15) is 0 Å². The number of nitrogens with zero attached hydrogens (tertiary/aromatic N) is 1. The lowest BCUT2D eigenvalue weighted by atomic mass is 9.99. The Balaban J connectivity index is 1.82. The summed E-state index contributed by atoms with van der Waals surface area (Å²) in [5.74, 6) is 0.194. The molecule has 1 amide bonds. The van der Waals surface area contributed by atoms with Gasteiger partial charge in [-0.15, -0.1) is 11.3 Å². The van der Waals surface area contributed by atoms with E-state index in [4.69, 9.17) is 22.1 Å². The van der Waals surface area contributed by atoms with Crippen molar-refractivity contribution in [1.29, 1.82) is 0 Å². The lowest BCUT2D eigenvalue weighted by Gasteiger charge is -2.15. The summed E-state index contributed by atoms with van der Waals surface area (Å²) in [5.41, 5.74) is 7.40. The quantitative estimate of drug-likeness (QED) is 0.902. The Bertz CT molecular complexity index is 717. The zero-order valence-electron chi connectivity index (χ0n) is 12.1. The smallest absolute Gasteiger partial charge is 0.261 e. The number of nitrogens with two attached hydrogens (primary N) is 1. The summed E-state index contributed by atoms with van der Waals surface area (Å²) in [4.78, 5) is 18.1. The van der Waals surface area contributed by atoms with Crippen molar-refractivity contribution in [3.8, 4) is 5.75 Å². The van der Waals surface area contributed by atoms with Gasteiger partial charge in [0.15, 0.2) is 5.13 Å². The van der Waals surface area contributed by atoms with Crippen molar-refractivity contribution in [3.05, 3.63) is 39.4 Å². The van der Waals surface area contributed by atoms with E-state index in [1.807, 2.05) is 0 Å². The summed E-state index contributed by atoms with van der Waals surface area (Å²) in [6, 6.07) is 5.12. The van der Waals surface area contributed by atoms with Crippen LogP contribution in [0, 0.1) is 0 Å². The molecule has 0 fully saturated rings. The zero-order chi connectivity index (χ0) is 15.7. The van der Waals surface area contributed by atoms with E-state index >= 15 is 0 Å². The molecule has 1 aliphatic carbocycles. The fourth-order valence-electron chi connectivity index (χ4n) is 2.48. The minimum Gasteiger partial charge on any atom is -0.496 e. The number of nitrogens with one attached hydrogen (secondary N) is 1. The number of hydrogen-bond acceptors (Lipinski definition) is 5. The van der Waals surface area contributed by atoms with Gasteiger partial charge >= 0.3 is 0 Å². The number of hydrogen-bond donors (Lipinski definition) is 2. The van der Waals surface area contributed by atoms with Gasteiger partial charge in [-0.25, -0.2) is 4.98 Å². The topological polar surface area (TPSA) is 77.2 Å². The molecule has 0 saturated carbocycles. The summed E-state index contributed by atoms with van der Waals surface area (Å²) in [6.45, 7) is 0. The van der Waals surface area contributed by atoms with Crippen LogP contribution in [0.4, 0.5) is 5.13 Å². The number of fused-ring (bicyclic) bond motifs is 1. The van der Waals surface area contributed by atoms with Crippen LogP contribution in [0.5, 0.6) is 5.75 Å². The number of thiazole rings is 1. The first-order valence-electron chi connectivity index (χ1n) is 6.96. The van der Waals surface area contributed by atoms with Crippen LogP contribution in [0.15, 0.2) is 18.2 Å². The van der Waals surface area contributed by atoms with Crippen molar-refractivity contribution in [2.45, 2.75) is 25.3 Å². The Morgan fingerprint density at radius 1 is 1.55 bits per heavy atom. The number of amides is 1. The lowest BCUT2D eigenvalue weighted by Crippen LogP contribution is -2.27. The van der Waals surface area contributed by atoms with Crippen molar-refractivity contribution >= 4 is 34.0 Å². The number of aryl methyl sites for hydroxylation is 1. The van der Waals surface area contributed by atoms with Gasteiger partial charge in [-0.3, -0.25) is 10.1 Å². The van der Waals surface area contributed by atoms with E-state index < -0.39 is 0 Å².